The van der Waals surface area contributed by atoms with Crippen molar-refractivity contribution in [3.05, 3.63) is 47.8 Å². The molecule has 0 bridgehead atoms. The number of hydrogen-bond donors (Lipinski definition) is 0. The van der Waals surface area contributed by atoms with Crippen molar-refractivity contribution in [2.24, 2.45) is 0 Å². The molecule has 0 atom stereocenters. The first-order chi connectivity index (χ1) is 10.8. The number of rotatable bonds is 2. The molecule has 2 aliphatic heterocycles. The summed E-state index contributed by atoms with van der Waals surface area (Å²) in [7, 11) is 0. The van der Waals surface area contributed by atoms with E-state index >= 15 is 0 Å². The SMILES string of the molecule is O=C(c1cnc(N2CCCC2)nc1)N1CCc2ccccc21. The fraction of sp³-hybridized carbons (Fsp3) is 0.353. The van der Waals surface area contributed by atoms with Gasteiger partial charge in [-0.25, -0.2) is 9.97 Å². The van der Waals surface area contributed by atoms with Crippen LogP contribution < -0.4 is 9.80 Å². The summed E-state index contributed by atoms with van der Waals surface area (Å²) in [5, 5.41) is 0. The molecule has 1 amide bonds. The van der Waals surface area contributed by atoms with Gasteiger partial charge in [0.2, 0.25) is 5.95 Å². The first kappa shape index (κ1) is 13.2. The summed E-state index contributed by atoms with van der Waals surface area (Å²) in [5.74, 6) is 0.716. The van der Waals surface area contributed by atoms with Gasteiger partial charge in [-0.15, -0.1) is 0 Å². The zero-order valence-corrected chi connectivity index (χ0v) is 12.4. The summed E-state index contributed by atoms with van der Waals surface area (Å²) >= 11 is 0. The van der Waals surface area contributed by atoms with E-state index in [-0.39, 0.29) is 5.91 Å². The third-order valence-corrected chi connectivity index (χ3v) is 4.41. The highest BCUT2D eigenvalue weighted by atomic mass is 16.2. The molecule has 1 saturated heterocycles. The summed E-state index contributed by atoms with van der Waals surface area (Å²) < 4.78 is 0. The van der Waals surface area contributed by atoms with Crippen molar-refractivity contribution >= 4 is 17.5 Å². The lowest BCUT2D eigenvalue weighted by molar-refractivity contribution is 0.0988. The van der Waals surface area contributed by atoms with E-state index in [9.17, 15) is 4.79 Å². The number of fused-ring (bicyclic) bond motifs is 1. The molecular weight excluding hydrogens is 276 g/mol. The van der Waals surface area contributed by atoms with Crippen LogP contribution in [-0.2, 0) is 6.42 Å². The van der Waals surface area contributed by atoms with Gasteiger partial charge in [0.1, 0.15) is 0 Å². The van der Waals surface area contributed by atoms with Gasteiger partial charge in [0.25, 0.3) is 5.91 Å². The molecule has 5 heteroatoms. The number of para-hydroxylation sites is 1. The molecular formula is C17H18N4O. The Morgan fingerprint density at radius 3 is 2.50 bits per heavy atom. The van der Waals surface area contributed by atoms with Crippen molar-refractivity contribution in [3.8, 4) is 0 Å². The molecule has 5 nitrogen and oxygen atoms in total. The van der Waals surface area contributed by atoms with Crippen molar-refractivity contribution in [2.75, 3.05) is 29.4 Å². The maximum Gasteiger partial charge on any atom is 0.261 e. The van der Waals surface area contributed by atoms with Crippen LogP contribution in [0.25, 0.3) is 0 Å². The number of benzene rings is 1. The van der Waals surface area contributed by atoms with E-state index in [1.165, 1.54) is 18.4 Å². The second kappa shape index (κ2) is 5.40. The zero-order chi connectivity index (χ0) is 14.9. The van der Waals surface area contributed by atoms with Crippen molar-refractivity contribution in [2.45, 2.75) is 19.3 Å². The van der Waals surface area contributed by atoms with Crippen molar-refractivity contribution in [3.63, 3.8) is 0 Å². The summed E-state index contributed by atoms with van der Waals surface area (Å²) in [5.41, 5.74) is 2.79. The van der Waals surface area contributed by atoms with E-state index in [0.717, 1.165) is 37.7 Å². The first-order valence-electron chi connectivity index (χ1n) is 7.80. The average Bonchev–Trinajstić information content (AvgIpc) is 3.24. The van der Waals surface area contributed by atoms with Crippen LogP contribution in [0.5, 0.6) is 0 Å². The maximum absolute atomic E-state index is 12.7. The van der Waals surface area contributed by atoms with Gasteiger partial charge in [-0.2, -0.15) is 0 Å². The third-order valence-electron chi connectivity index (χ3n) is 4.41. The second-order valence-electron chi connectivity index (χ2n) is 5.80. The summed E-state index contributed by atoms with van der Waals surface area (Å²) in [6.07, 6.45) is 6.60. The lowest BCUT2D eigenvalue weighted by atomic mass is 10.2. The zero-order valence-electron chi connectivity index (χ0n) is 12.4. The van der Waals surface area contributed by atoms with Gasteiger partial charge >= 0.3 is 0 Å². The minimum atomic E-state index is -0.0158. The summed E-state index contributed by atoms with van der Waals surface area (Å²) in [6, 6.07) is 8.06. The van der Waals surface area contributed by atoms with Gasteiger partial charge in [-0.05, 0) is 30.9 Å². The average molecular weight is 294 g/mol. The first-order valence-corrected chi connectivity index (χ1v) is 7.80. The highest BCUT2D eigenvalue weighted by Gasteiger charge is 2.25. The van der Waals surface area contributed by atoms with Crippen molar-refractivity contribution < 1.29 is 4.79 Å². The lowest BCUT2D eigenvalue weighted by Crippen LogP contribution is -2.29. The molecule has 0 saturated carbocycles. The van der Waals surface area contributed by atoms with Crippen molar-refractivity contribution in [1.82, 2.24) is 9.97 Å². The smallest absolute Gasteiger partial charge is 0.261 e. The molecule has 2 aliphatic rings. The topological polar surface area (TPSA) is 49.3 Å². The van der Waals surface area contributed by atoms with Gasteiger partial charge in [0, 0.05) is 37.7 Å². The summed E-state index contributed by atoms with van der Waals surface area (Å²) in [6.45, 7) is 2.74. The predicted octanol–water partition coefficient (Wildman–Crippen LogP) is 2.28. The fourth-order valence-corrected chi connectivity index (χ4v) is 3.22. The highest BCUT2D eigenvalue weighted by molar-refractivity contribution is 6.06. The Labute approximate surface area is 129 Å². The molecule has 1 aromatic carbocycles. The largest absolute Gasteiger partial charge is 0.341 e. The van der Waals surface area contributed by atoms with E-state index in [0.29, 0.717) is 5.56 Å². The molecule has 1 aromatic heterocycles. The van der Waals surface area contributed by atoms with Gasteiger partial charge in [-0.1, -0.05) is 18.2 Å². The van der Waals surface area contributed by atoms with Crippen LogP contribution in [0.2, 0.25) is 0 Å². The van der Waals surface area contributed by atoms with E-state index in [1.807, 2.05) is 23.1 Å². The molecule has 0 aliphatic carbocycles. The lowest BCUT2D eigenvalue weighted by Gasteiger charge is -2.18. The minimum absolute atomic E-state index is 0.0158. The van der Waals surface area contributed by atoms with Gasteiger partial charge in [-0.3, -0.25) is 4.79 Å². The number of amides is 1. The van der Waals surface area contributed by atoms with Crippen LogP contribution >= 0.6 is 0 Å². The Hall–Kier alpha value is -2.43. The Morgan fingerprint density at radius 2 is 1.73 bits per heavy atom. The van der Waals surface area contributed by atoms with Gasteiger partial charge < -0.3 is 9.80 Å². The van der Waals surface area contributed by atoms with Crippen LogP contribution in [0, 0.1) is 0 Å². The van der Waals surface area contributed by atoms with Crippen LogP contribution in [0.15, 0.2) is 36.7 Å². The van der Waals surface area contributed by atoms with Crippen molar-refractivity contribution in [1.29, 1.82) is 0 Å². The molecule has 112 valence electrons. The Bertz CT molecular complexity index is 692. The molecule has 0 unspecified atom stereocenters. The maximum atomic E-state index is 12.7. The molecule has 1 fully saturated rings. The van der Waals surface area contributed by atoms with Crippen LogP contribution in [0.1, 0.15) is 28.8 Å². The number of carbonyl (C=O) groups excluding carboxylic acids is 1. The normalized spacial score (nSPS) is 16.9. The Kier molecular flexibility index (Phi) is 3.25. The van der Waals surface area contributed by atoms with E-state index < -0.39 is 0 Å². The number of anilines is 2. The van der Waals surface area contributed by atoms with Crippen LogP contribution in [0.4, 0.5) is 11.6 Å². The summed E-state index contributed by atoms with van der Waals surface area (Å²) in [4.78, 5) is 25.4. The molecule has 0 radical (unpaired) electrons. The van der Waals surface area contributed by atoms with E-state index in [1.54, 1.807) is 12.4 Å². The highest BCUT2D eigenvalue weighted by Crippen LogP contribution is 2.28. The Morgan fingerprint density at radius 1 is 1.00 bits per heavy atom. The molecule has 4 rings (SSSR count). The number of carbonyl (C=O) groups is 1. The van der Waals surface area contributed by atoms with Gasteiger partial charge in [0.05, 0.1) is 5.56 Å². The van der Waals surface area contributed by atoms with E-state index in [2.05, 4.69) is 20.9 Å². The molecule has 2 aromatic rings. The Balaban J connectivity index is 1.56. The van der Waals surface area contributed by atoms with E-state index in [4.69, 9.17) is 0 Å². The van der Waals surface area contributed by atoms with Gasteiger partial charge in [0.15, 0.2) is 0 Å². The molecule has 0 N–H and O–H groups in total. The predicted molar refractivity (Wildman–Crippen MR) is 85.3 cm³/mol. The monoisotopic (exact) mass is 294 g/mol. The van der Waals surface area contributed by atoms with Crippen LogP contribution in [0.3, 0.4) is 0 Å². The third kappa shape index (κ3) is 2.22. The number of hydrogen-bond acceptors (Lipinski definition) is 4. The quantitative estimate of drug-likeness (QED) is 0.852. The number of aromatic nitrogens is 2. The second-order valence-corrected chi connectivity index (χ2v) is 5.80. The van der Waals surface area contributed by atoms with Crippen LogP contribution in [-0.4, -0.2) is 35.5 Å². The molecule has 0 spiro atoms. The minimum Gasteiger partial charge on any atom is -0.341 e. The number of nitrogens with zero attached hydrogens (tertiary/aromatic N) is 4. The molecule has 3 heterocycles. The standard InChI is InChI=1S/C17H18N4O/c22-16(21-10-7-13-5-1-2-6-15(13)21)14-11-18-17(19-12-14)20-8-3-4-9-20/h1-2,5-6,11-12H,3-4,7-10H2. The fourth-order valence-electron chi connectivity index (χ4n) is 3.22. The molecule has 22 heavy (non-hydrogen) atoms.